The van der Waals surface area contributed by atoms with Gasteiger partial charge in [-0.05, 0) is 52.6 Å². The van der Waals surface area contributed by atoms with Crippen LogP contribution in [0.1, 0.15) is 23.5 Å². The first-order valence-corrected chi connectivity index (χ1v) is 12.2. The van der Waals surface area contributed by atoms with Gasteiger partial charge in [-0.15, -0.1) is 0 Å². The Hall–Kier alpha value is -3.85. The minimum absolute atomic E-state index is 0.118. The van der Waals surface area contributed by atoms with Crippen LogP contribution in [-0.2, 0) is 14.1 Å². The number of hydrogen-bond donors (Lipinski definition) is 0. The number of hydrogen-bond acceptors (Lipinski definition) is 3. The van der Waals surface area contributed by atoms with Crippen molar-refractivity contribution in [3.05, 3.63) is 111 Å². The molecule has 0 aliphatic rings. The summed E-state index contributed by atoms with van der Waals surface area (Å²) in [6.45, 7) is 0. The smallest absolute Gasteiger partial charge is 0.251 e. The first-order chi connectivity index (χ1) is 17.4. The second-order valence-corrected chi connectivity index (χ2v) is 9.62. The first-order valence-electron chi connectivity index (χ1n) is 11.4. The minimum Gasteiger partial charge on any atom is -0.334 e. The Kier molecular flexibility index (Phi) is 6.40. The molecule has 0 aliphatic carbocycles. The Balaban J connectivity index is 1.95. The molecule has 7 heteroatoms. The lowest BCUT2D eigenvalue weighted by atomic mass is 9.82. The van der Waals surface area contributed by atoms with Gasteiger partial charge in [-0.1, -0.05) is 53.5 Å². The lowest BCUT2D eigenvalue weighted by Crippen LogP contribution is -2.17. The molecule has 0 radical (unpaired) electrons. The van der Waals surface area contributed by atoms with Gasteiger partial charge in [0.25, 0.3) is 5.56 Å². The summed E-state index contributed by atoms with van der Waals surface area (Å²) in [5, 5.41) is 11.9. The average Bonchev–Trinajstić information content (AvgIpc) is 3.30. The van der Waals surface area contributed by atoms with Crippen LogP contribution >= 0.6 is 23.2 Å². The largest absolute Gasteiger partial charge is 0.334 e. The second-order valence-electron chi connectivity index (χ2n) is 8.75. The van der Waals surface area contributed by atoms with Gasteiger partial charge in [0.2, 0.25) is 0 Å². The Morgan fingerprint density at radius 1 is 1.00 bits per heavy atom. The zero-order valence-corrected chi connectivity index (χ0v) is 21.3. The molecule has 0 N–H and O–H groups in total. The molecule has 5 nitrogen and oxygen atoms in total. The number of pyridine rings is 1. The van der Waals surface area contributed by atoms with E-state index in [-0.39, 0.29) is 17.9 Å². The third-order valence-electron chi connectivity index (χ3n) is 6.60. The van der Waals surface area contributed by atoms with Gasteiger partial charge in [0.05, 0.1) is 29.8 Å². The highest BCUT2D eigenvalue weighted by Gasteiger charge is 2.25. The lowest BCUT2D eigenvalue weighted by Gasteiger charge is -2.23. The van der Waals surface area contributed by atoms with Crippen LogP contribution in [0.3, 0.4) is 0 Å². The van der Waals surface area contributed by atoms with E-state index in [1.165, 1.54) is 0 Å². The van der Waals surface area contributed by atoms with E-state index >= 15 is 0 Å². The fourth-order valence-electron chi connectivity index (χ4n) is 4.81. The maximum absolute atomic E-state index is 13.0. The van der Waals surface area contributed by atoms with E-state index in [9.17, 15) is 10.1 Å². The van der Waals surface area contributed by atoms with Crippen molar-refractivity contribution in [2.75, 3.05) is 0 Å². The highest BCUT2D eigenvalue weighted by atomic mass is 35.5. The fourth-order valence-corrected chi connectivity index (χ4v) is 5.13. The predicted octanol–water partition coefficient (Wildman–Crippen LogP) is 6.96. The molecular weight excluding hydrogens is 491 g/mol. The van der Waals surface area contributed by atoms with Crippen molar-refractivity contribution in [1.82, 2.24) is 14.1 Å². The summed E-state index contributed by atoms with van der Waals surface area (Å²) in [7, 11) is 3.71. The van der Waals surface area contributed by atoms with Gasteiger partial charge in [-0.25, -0.2) is 4.98 Å². The molecule has 0 aliphatic heterocycles. The molecule has 0 spiro atoms. The number of aromatic nitrogens is 3. The summed E-state index contributed by atoms with van der Waals surface area (Å²) in [6, 6.07) is 23.1. The third kappa shape index (κ3) is 4.19. The number of halogens is 2. The molecule has 0 saturated heterocycles. The first kappa shape index (κ1) is 23.9. The van der Waals surface area contributed by atoms with Crippen LogP contribution in [0.25, 0.3) is 33.3 Å². The van der Waals surface area contributed by atoms with Gasteiger partial charge in [0.1, 0.15) is 0 Å². The van der Waals surface area contributed by atoms with Gasteiger partial charge < -0.3 is 9.13 Å². The Labute approximate surface area is 218 Å². The van der Waals surface area contributed by atoms with Gasteiger partial charge in [-0.2, -0.15) is 5.26 Å². The van der Waals surface area contributed by atoms with E-state index in [1.54, 1.807) is 24.0 Å². The molecule has 3 aromatic carbocycles. The summed E-state index contributed by atoms with van der Waals surface area (Å²) < 4.78 is 3.60. The Morgan fingerprint density at radius 2 is 1.78 bits per heavy atom. The molecule has 0 amide bonds. The maximum atomic E-state index is 13.0. The molecule has 2 heterocycles. The van der Waals surface area contributed by atoms with Crippen molar-refractivity contribution >= 4 is 34.1 Å². The summed E-state index contributed by atoms with van der Waals surface area (Å²) in [5.74, 6) is -0.217. The molecule has 5 aromatic rings. The third-order valence-corrected chi connectivity index (χ3v) is 7.08. The van der Waals surface area contributed by atoms with Crippen LogP contribution in [0.4, 0.5) is 0 Å². The van der Waals surface area contributed by atoms with Crippen molar-refractivity contribution in [2.45, 2.75) is 12.3 Å². The van der Waals surface area contributed by atoms with Crippen LogP contribution in [-0.4, -0.2) is 14.1 Å². The maximum Gasteiger partial charge on any atom is 0.251 e. The summed E-state index contributed by atoms with van der Waals surface area (Å²) >= 11 is 12.5. The van der Waals surface area contributed by atoms with Crippen LogP contribution in [0, 0.1) is 11.3 Å². The number of benzene rings is 3. The van der Waals surface area contributed by atoms with E-state index in [0.29, 0.717) is 10.0 Å². The zero-order valence-electron chi connectivity index (χ0n) is 19.7. The number of imidazole rings is 1. The van der Waals surface area contributed by atoms with Crippen LogP contribution in [0.5, 0.6) is 0 Å². The number of aryl methyl sites for hydroxylation is 2. The fraction of sp³-hybridized carbons (Fsp3) is 0.138. The quantitative estimate of drug-likeness (QED) is 0.255. The average molecular weight is 513 g/mol. The van der Waals surface area contributed by atoms with Gasteiger partial charge in [-0.3, -0.25) is 4.79 Å². The zero-order chi connectivity index (χ0) is 25.4. The Morgan fingerprint density at radius 3 is 2.44 bits per heavy atom. The normalized spacial score (nSPS) is 12.0. The molecule has 0 saturated carbocycles. The van der Waals surface area contributed by atoms with Gasteiger partial charge in [0.15, 0.2) is 0 Å². The standard InChI is InChI=1S/C29H22Cl2N4O/c1-34-17-33-16-26(34)28-23(22(12-13-32)18-6-8-20(30)9-7-18)10-11-25-29(28)24(15-27(36)35(25)2)19-4-3-5-21(31)14-19/h3-11,14-17,22H,12H2,1-2H3. The van der Waals surface area contributed by atoms with E-state index in [2.05, 4.69) is 11.1 Å². The number of rotatable bonds is 5. The highest BCUT2D eigenvalue weighted by Crippen LogP contribution is 2.43. The van der Waals surface area contributed by atoms with Crippen LogP contribution in [0.15, 0.2) is 84.0 Å². The topological polar surface area (TPSA) is 63.6 Å². The van der Waals surface area contributed by atoms with Crippen LogP contribution < -0.4 is 5.56 Å². The van der Waals surface area contributed by atoms with Crippen molar-refractivity contribution in [3.63, 3.8) is 0 Å². The molecule has 5 rings (SSSR count). The van der Waals surface area contributed by atoms with Crippen molar-refractivity contribution in [3.8, 4) is 28.5 Å². The van der Waals surface area contributed by atoms with E-state index in [1.807, 2.05) is 78.5 Å². The summed E-state index contributed by atoms with van der Waals surface area (Å²) in [5.41, 5.74) is 6.05. The molecule has 1 unspecified atom stereocenters. The lowest BCUT2D eigenvalue weighted by molar-refractivity contribution is 0.835. The number of nitrogens with zero attached hydrogens (tertiary/aromatic N) is 4. The number of fused-ring (bicyclic) bond motifs is 1. The monoisotopic (exact) mass is 512 g/mol. The molecule has 36 heavy (non-hydrogen) atoms. The summed E-state index contributed by atoms with van der Waals surface area (Å²) in [4.78, 5) is 17.4. The Bertz CT molecular complexity index is 1690. The molecule has 1 atom stereocenters. The van der Waals surface area contributed by atoms with Gasteiger partial charge >= 0.3 is 0 Å². The van der Waals surface area contributed by atoms with Crippen molar-refractivity contribution in [2.24, 2.45) is 14.1 Å². The van der Waals surface area contributed by atoms with E-state index < -0.39 is 0 Å². The predicted molar refractivity (Wildman–Crippen MR) is 145 cm³/mol. The number of nitriles is 1. The van der Waals surface area contributed by atoms with Crippen molar-refractivity contribution in [1.29, 1.82) is 5.26 Å². The minimum atomic E-state index is -0.217. The molecule has 0 fully saturated rings. The highest BCUT2D eigenvalue weighted by molar-refractivity contribution is 6.31. The molecular formula is C29H22Cl2N4O. The van der Waals surface area contributed by atoms with E-state index in [0.717, 1.165) is 44.4 Å². The molecule has 0 bridgehead atoms. The SMILES string of the molecule is Cn1cncc1-c1c(C(CC#N)c2ccc(Cl)cc2)ccc2c1c(-c1cccc(Cl)c1)cc(=O)n2C. The van der Waals surface area contributed by atoms with Crippen LogP contribution in [0.2, 0.25) is 10.0 Å². The van der Waals surface area contributed by atoms with Gasteiger partial charge in [0, 0.05) is 53.5 Å². The molecule has 2 aromatic heterocycles. The second kappa shape index (κ2) is 9.66. The van der Waals surface area contributed by atoms with Crippen molar-refractivity contribution < 1.29 is 0 Å². The van der Waals surface area contributed by atoms with E-state index in [4.69, 9.17) is 23.2 Å². The molecule has 178 valence electrons. The summed E-state index contributed by atoms with van der Waals surface area (Å²) in [6.07, 6.45) is 3.84.